The molecule has 334 valence electrons. The van der Waals surface area contributed by atoms with Crippen molar-refractivity contribution in [2.45, 2.75) is 35.5 Å². The molecule has 4 atom stereocenters. The van der Waals surface area contributed by atoms with Crippen LogP contribution < -0.4 is 18.9 Å². The van der Waals surface area contributed by atoms with E-state index in [1.807, 2.05) is 145 Å². The van der Waals surface area contributed by atoms with Crippen LogP contribution in [0.25, 0.3) is 11.1 Å². The minimum absolute atomic E-state index is 0.115. The molecule has 6 aliphatic rings. The maximum absolute atomic E-state index is 15.2. The van der Waals surface area contributed by atoms with Gasteiger partial charge in [0.05, 0.1) is 32.0 Å². The fraction of sp³-hybridized carbons (Fsp3) is 0.296. The van der Waals surface area contributed by atoms with Crippen LogP contribution in [0, 0.1) is 0 Å². The lowest BCUT2D eigenvalue weighted by molar-refractivity contribution is 0.0729. The van der Waals surface area contributed by atoms with Crippen molar-refractivity contribution in [1.29, 1.82) is 0 Å². The second kappa shape index (κ2) is 16.0. The molecule has 0 N–H and O–H groups in total. The average Bonchev–Trinajstić information content (AvgIpc) is 4.15. The van der Waals surface area contributed by atoms with Gasteiger partial charge in [-0.3, -0.25) is 9.59 Å². The largest absolute Gasteiger partial charge is 0.491 e. The molecule has 4 saturated heterocycles. The summed E-state index contributed by atoms with van der Waals surface area (Å²) in [6.07, 6.45) is 0.470. The number of hydrogen-bond donors (Lipinski definition) is 0. The molecule has 6 heterocycles. The van der Waals surface area contributed by atoms with E-state index in [-0.39, 0.29) is 36.2 Å². The summed E-state index contributed by atoms with van der Waals surface area (Å²) < 4.78 is 45.7. The predicted octanol–water partition coefficient (Wildman–Crippen LogP) is 7.22. The Hall–Kier alpha value is -6.70. The number of epoxide rings is 4. The van der Waals surface area contributed by atoms with E-state index in [2.05, 4.69) is 12.1 Å². The zero-order valence-electron chi connectivity index (χ0n) is 36.6. The first-order valence-corrected chi connectivity index (χ1v) is 22.5. The number of benzene rings is 6. The molecule has 2 amide bonds. The van der Waals surface area contributed by atoms with Gasteiger partial charge in [-0.25, -0.2) is 0 Å². The van der Waals surface area contributed by atoms with Gasteiger partial charge in [0.25, 0.3) is 11.8 Å². The molecule has 12 nitrogen and oxygen atoms in total. The molecule has 0 aliphatic carbocycles. The normalized spacial score (nSPS) is 25.3. The van der Waals surface area contributed by atoms with Crippen molar-refractivity contribution in [1.82, 2.24) is 9.80 Å². The second-order valence-electron chi connectivity index (χ2n) is 17.8. The van der Waals surface area contributed by atoms with Gasteiger partial charge in [-0.1, -0.05) is 72.8 Å². The first kappa shape index (κ1) is 40.8. The molecule has 0 aromatic heterocycles. The fourth-order valence-electron chi connectivity index (χ4n) is 9.85. The number of carbonyl (C=O) groups is 2. The molecular formula is C54H48N2O10. The Morgan fingerprint density at radius 2 is 0.818 bits per heavy atom. The molecule has 0 saturated carbocycles. The quantitative estimate of drug-likeness (QED) is 0.0867. The molecule has 4 fully saturated rings. The van der Waals surface area contributed by atoms with Gasteiger partial charge >= 0.3 is 0 Å². The van der Waals surface area contributed by atoms with Crippen molar-refractivity contribution >= 4 is 11.8 Å². The molecule has 0 bridgehead atoms. The number of ether oxygens (including phenoxy) is 8. The summed E-state index contributed by atoms with van der Waals surface area (Å²) in [5.74, 6) is 2.64. The first-order chi connectivity index (χ1) is 32.3. The summed E-state index contributed by atoms with van der Waals surface area (Å²) in [6.45, 7) is 4.74. The van der Waals surface area contributed by atoms with E-state index in [1.165, 1.54) is 0 Å². The SMILES string of the molecule is CN1C(=O)c2ccc(-c3cccc4c3C(=O)N(C)C4(c3ccc(OCC4CO4)cc3)c3ccc(OCC4CO4)cc3)cc2C1(c1ccc(OCC2CO2)cc1)c1ccc(OCC2CO2)cc1. The van der Waals surface area contributed by atoms with Crippen LogP contribution in [-0.4, -0.2) is 113 Å². The molecule has 12 heteroatoms. The maximum atomic E-state index is 15.2. The van der Waals surface area contributed by atoms with Crippen LogP contribution in [0.2, 0.25) is 0 Å². The highest BCUT2D eigenvalue weighted by Gasteiger charge is 2.53. The molecular weight excluding hydrogens is 837 g/mol. The summed E-state index contributed by atoms with van der Waals surface area (Å²) in [5.41, 5.74) is 5.87. The van der Waals surface area contributed by atoms with Gasteiger partial charge in [0.1, 0.15) is 84.9 Å². The van der Waals surface area contributed by atoms with Crippen LogP contribution in [0.3, 0.4) is 0 Å². The highest BCUT2D eigenvalue weighted by molar-refractivity contribution is 6.08. The molecule has 4 unspecified atom stereocenters. The van der Waals surface area contributed by atoms with Crippen LogP contribution in [0.15, 0.2) is 133 Å². The van der Waals surface area contributed by atoms with E-state index in [9.17, 15) is 4.79 Å². The Bertz CT molecular complexity index is 2690. The van der Waals surface area contributed by atoms with E-state index in [4.69, 9.17) is 37.9 Å². The van der Waals surface area contributed by atoms with E-state index in [1.54, 1.807) is 0 Å². The highest BCUT2D eigenvalue weighted by Crippen LogP contribution is 2.53. The Morgan fingerprint density at radius 3 is 1.20 bits per heavy atom. The van der Waals surface area contributed by atoms with Crippen molar-refractivity contribution in [2.75, 3.05) is 67.0 Å². The predicted molar refractivity (Wildman–Crippen MR) is 243 cm³/mol. The zero-order chi connectivity index (χ0) is 44.6. The van der Waals surface area contributed by atoms with E-state index in [0.717, 1.165) is 56.0 Å². The molecule has 0 radical (unpaired) electrons. The number of carbonyl (C=O) groups excluding carboxylic acids is 2. The first-order valence-electron chi connectivity index (χ1n) is 22.5. The van der Waals surface area contributed by atoms with Crippen LogP contribution in [-0.2, 0) is 30.0 Å². The highest BCUT2D eigenvalue weighted by atomic mass is 16.6. The topological polar surface area (TPSA) is 128 Å². The van der Waals surface area contributed by atoms with Crippen molar-refractivity contribution < 1.29 is 47.5 Å². The summed E-state index contributed by atoms with van der Waals surface area (Å²) in [6, 6.07) is 44.0. The molecule has 66 heavy (non-hydrogen) atoms. The number of hydrogen-bond acceptors (Lipinski definition) is 10. The van der Waals surface area contributed by atoms with Crippen molar-refractivity contribution in [3.63, 3.8) is 0 Å². The zero-order valence-corrected chi connectivity index (χ0v) is 36.6. The van der Waals surface area contributed by atoms with Gasteiger partial charge in [0.15, 0.2) is 0 Å². The fourth-order valence-corrected chi connectivity index (χ4v) is 9.85. The summed E-state index contributed by atoms with van der Waals surface area (Å²) in [4.78, 5) is 33.4. The lowest BCUT2D eigenvalue weighted by atomic mass is 9.75. The van der Waals surface area contributed by atoms with Crippen LogP contribution >= 0.6 is 0 Å². The van der Waals surface area contributed by atoms with Gasteiger partial charge in [0.2, 0.25) is 0 Å². The van der Waals surface area contributed by atoms with Crippen molar-refractivity contribution in [3.05, 3.63) is 178 Å². The molecule has 0 spiro atoms. The van der Waals surface area contributed by atoms with Crippen molar-refractivity contribution in [2.24, 2.45) is 0 Å². The maximum Gasteiger partial charge on any atom is 0.255 e. The van der Waals surface area contributed by atoms with Gasteiger partial charge in [-0.15, -0.1) is 0 Å². The smallest absolute Gasteiger partial charge is 0.255 e. The van der Waals surface area contributed by atoms with Crippen LogP contribution in [0.5, 0.6) is 23.0 Å². The van der Waals surface area contributed by atoms with Gasteiger partial charge < -0.3 is 47.7 Å². The summed E-state index contributed by atoms with van der Waals surface area (Å²) in [7, 11) is 3.72. The Kier molecular flexibility index (Phi) is 9.90. The van der Waals surface area contributed by atoms with Gasteiger partial charge in [0, 0.05) is 30.8 Å². The lowest BCUT2D eigenvalue weighted by Gasteiger charge is -2.38. The molecule has 6 aliphatic heterocycles. The summed E-state index contributed by atoms with van der Waals surface area (Å²) in [5, 5.41) is 0. The van der Waals surface area contributed by atoms with E-state index in [0.29, 0.717) is 75.5 Å². The summed E-state index contributed by atoms with van der Waals surface area (Å²) >= 11 is 0. The number of fused-ring (bicyclic) bond motifs is 2. The average molecular weight is 885 g/mol. The third-order valence-electron chi connectivity index (χ3n) is 13.7. The molecule has 6 aromatic rings. The number of nitrogens with zero attached hydrogens (tertiary/aromatic N) is 2. The van der Waals surface area contributed by atoms with E-state index >= 15 is 4.79 Å². The van der Waals surface area contributed by atoms with Crippen LogP contribution in [0.4, 0.5) is 0 Å². The Labute approximate surface area is 382 Å². The second-order valence-corrected chi connectivity index (χ2v) is 17.8. The third kappa shape index (κ3) is 7.07. The third-order valence-corrected chi connectivity index (χ3v) is 13.7. The monoisotopic (exact) mass is 884 g/mol. The van der Waals surface area contributed by atoms with Crippen molar-refractivity contribution in [3.8, 4) is 34.1 Å². The minimum atomic E-state index is -1.05. The Balaban J connectivity index is 0.982. The van der Waals surface area contributed by atoms with Gasteiger partial charge in [-0.2, -0.15) is 0 Å². The Morgan fingerprint density at radius 1 is 0.455 bits per heavy atom. The molecule has 6 aromatic carbocycles. The standard InChI is InChI=1S/C54H48N2O10/c1-55-51(57)47-23-6-33(24-49(47)54(55,36-11-19-40(20-12-36)61-27-44-31-65-44)37-13-21-41(22-14-37)62-28-45-32-66-45)46-4-3-5-48-50(46)52(58)56(2)53(48,34-7-15-38(16-8-34)59-25-42-29-63-42)35-9-17-39(18-10-35)60-26-43-30-64-43/h3-24,42-45H,25-32H2,1-2H3. The molecule has 12 rings (SSSR count). The van der Waals surface area contributed by atoms with E-state index < -0.39 is 11.1 Å². The lowest BCUT2D eigenvalue weighted by Crippen LogP contribution is -2.43. The number of rotatable bonds is 17. The van der Waals surface area contributed by atoms with Gasteiger partial charge in [-0.05, 0) is 94.0 Å². The van der Waals surface area contributed by atoms with Crippen LogP contribution in [0.1, 0.15) is 54.1 Å². The number of amides is 2. The minimum Gasteiger partial charge on any atom is -0.491 e.